The number of methoxy groups -OCH3 is 1. The fraction of sp³-hybridized carbons (Fsp3) is 0.367. The molecular weight excluding hydrogens is 464 g/mol. The summed E-state index contributed by atoms with van der Waals surface area (Å²) in [6.07, 6.45) is 5.58. The fourth-order valence-electron chi connectivity index (χ4n) is 5.79. The summed E-state index contributed by atoms with van der Waals surface area (Å²) in [5.41, 5.74) is 3.13. The molecule has 4 atom stereocenters. The largest absolute Gasteiger partial charge is 0.496 e. The van der Waals surface area contributed by atoms with Crippen molar-refractivity contribution in [3.05, 3.63) is 89.1 Å². The Morgan fingerprint density at radius 2 is 1.70 bits per heavy atom. The van der Waals surface area contributed by atoms with Crippen LogP contribution in [0.15, 0.2) is 66.9 Å². The molecule has 5 rings (SSSR count). The van der Waals surface area contributed by atoms with Crippen molar-refractivity contribution in [2.45, 2.75) is 63.7 Å². The number of anilines is 1. The SMILES string of the molecule is COc1cccc(C(=O)N[C@H]2C[C@H]3CC[C@@H](C2)N3c2ccc(C(=O)N[C@H](C)c3ccccc3)cn2)c1C. The Labute approximate surface area is 218 Å². The maximum Gasteiger partial charge on any atom is 0.253 e. The molecule has 3 aromatic rings. The van der Waals surface area contributed by atoms with Crippen molar-refractivity contribution in [3.63, 3.8) is 0 Å². The lowest BCUT2D eigenvalue weighted by atomic mass is 9.96. The molecule has 0 saturated carbocycles. The Balaban J connectivity index is 1.21. The quantitative estimate of drug-likeness (QED) is 0.488. The lowest BCUT2D eigenvalue weighted by molar-refractivity contribution is 0.0922. The number of pyridine rings is 1. The van der Waals surface area contributed by atoms with Crippen LogP contribution in [0.25, 0.3) is 0 Å². The van der Waals surface area contributed by atoms with Gasteiger partial charge in [0.2, 0.25) is 0 Å². The zero-order chi connectivity index (χ0) is 25.9. The van der Waals surface area contributed by atoms with Gasteiger partial charge in [-0.05, 0) is 69.4 Å². The van der Waals surface area contributed by atoms with Gasteiger partial charge in [0.25, 0.3) is 11.8 Å². The highest BCUT2D eigenvalue weighted by Crippen LogP contribution is 2.38. The molecule has 2 bridgehead atoms. The van der Waals surface area contributed by atoms with Crippen LogP contribution in [0.5, 0.6) is 5.75 Å². The monoisotopic (exact) mass is 498 g/mol. The number of rotatable bonds is 7. The molecule has 7 nitrogen and oxygen atoms in total. The maximum atomic E-state index is 13.0. The standard InChI is InChI=1S/C30H34N4O3/c1-19-26(10-7-11-27(19)37-3)30(36)33-23-16-24-13-14-25(17-23)34(24)28-15-12-22(18-31-28)29(35)32-20(2)21-8-5-4-6-9-21/h4-12,15,18,20,23-25H,13-14,16-17H2,1-3H3,(H,32,35)(H,33,36)/t20-,23-,24+,25-/m1/s1. The number of hydrogen-bond acceptors (Lipinski definition) is 5. The van der Waals surface area contributed by atoms with Gasteiger partial charge in [0.05, 0.1) is 18.7 Å². The lowest BCUT2D eigenvalue weighted by Crippen LogP contribution is -2.50. The number of hydrogen-bond donors (Lipinski definition) is 2. The van der Waals surface area contributed by atoms with E-state index >= 15 is 0 Å². The van der Waals surface area contributed by atoms with E-state index in [9.17, 15) is 9.59 Å². The molecule has 0 radical (unpaired) electrons. The van der Waals surface area contributed by atoms with Gasteiger partial charge in [-0.25, -0.2) is 4.98 Å². The highest BCUT2D eigenvalue weighted by Gasteiger charge is 2.42. The van der Waals surface area contributed by atoms with Gasteiger partial charge in [0.1, 0.15) is 11.6 Å². The number of fused-ring (bicyclic) bond motifs is 2. The summed E-state index contributed by atoms with van der Waals surface area (Å²) in [6, 6.07) is 20.0. The van der Waals surface area contributed by atoms with E-state index in [0.717, 1.165) is 48.4 Å². The molecule has 192 valence electrons. The molecule has 1 aromatic heterocycles. The van der Waals surface area contributed by atoms with Crippen LogP contribution in [0.1, 0.15) is 70.5 Å². The van der Waals surface area contributed by atoms with Gasteiger partial charge in [0, 0.05) is 35.4 Å². The van der Waals surface area contributed by atoms with E-state index < -0.39 is 0 Å². The van der Waals surface area contributed by atoms with E-state index in [1.807, 2.05) is 74.5 Å². The van der Waals surface area contributed by atoms with Crippen LogP contribution in [0, 0.1) is 6.92 Å². The van der Waals surface area contributed by atoms with Crippen molar-refractivity contribution in [1.82, 2.24) is 15.6 Å². The Morgan fingerprint density at radius 3 is 2.35 bits per heavy atom. The maximum absolute atomic E-state index is 13.0. The second-order valence-corrected chi connectivity index (χ2v) is 10.1. The first-order valence-electron chi connectivity index (χ1n) is 13.0. The van der Waals surface area contributed by atoms with Crippen molar-refractivity contribution < 1.29 is 14.3 Å². The van der Waals surface area contributed by atoms with Crippen LogP contribution >= 0.6 is 0 Å². The summed E-state index contributed by atoms with van der Waals surface area (Å²) in [5, 5.41) is 6.31. The zero-order valence-electron chi connectivity index (χ0n) is 21.6. The number of benzene rings is 2. The van der Waals surface area contributed by atoms with Gasteiger partial charge >= 0.3 is 0 Å². The van der Waals surface area contributed by atoms with Crippen molar-refractivity contribution >= 4 is 17.6 Å². The van der Waals surface area contributed by atoms with E-state index in [1.54, 1.807) is 13.3 Å². The Hall–Kier alpha value is -3.87. The van der Waals surface area contributed by atoms with Gasteiger partial charge in [-0.15, -0.1) is 0 Å². The molecule has 2 fully saturated rings. The molecule has 3 heterocycles. The topological polar surface area (TPSA) is 83.6 Å². The molecule has 2 N–H and O–H groups in total. The average Bonchev–Trinajstić information content (AvgIpc) is 3.19. The van der Waals surface area contributed by atoms with Crippen LogP contribution in [0.2, 0.25) is 0 Å². The average molecular weight is 499 g/mol. The van der Waals surface area contributed by atoms with Crippen LogP contribution in [-0.4, -0.2) is 42.0 Å². The first-order valence-corrected chi connectivity index (χ1v) is 13.0. The van der Waals surface area contributed by atoms with Crippen molar-refractivity contribution in [3.8, 4) is 5.75 Å². The third-order valence-electron chi connectivity index (χ3n) is 7.74. The van der Waals surface area contributed by atoms with Crippen LogP contribution in [-0.2, 0) is 0 Å². The fourth-order valence-corrected chi connectivity index (χ4v) is 5.79. The van der Waals surface area contributed by atoms with Gasteiger partial charge in [-0.1, -0.05) is 36.4 Å². The van der Waals surface area contributed by atoms with E-state index in [-0.39, 0.29) is 23.9 Å². The molecule has 2 saturated heterocycles. The van der Waals surface area contributed by atoms with Crippen molar-refractivity contribution in [1.29, 1.82) is 0 Å². The lowest BCUT2D eigenvalue weighted by Gasteiger charge is -2.40. The number of nitrogens with one attached hydrogen (secondary N) is 2. The number of nitrogens with zero attached hydrogens (tertiary/aromatic N) is 2. The summed E-state index contributed by atoms with van der Waals surface area (Å²) in [6.45, 7) is 3.89. The predicted octanol–water partition coefficient (Wildman–Crippen LogP) is 4.82. The molecule has 0 spiro atoms. The zero-order valence-corrected chi connectivity index (χ0v) is 21.6. The van der Waals surface area contributed by atoms with Crippen LogP contribution in [0.4, 0.5) is 5.82 Å². The number of ether oxygens (including phenoxy) is 1. The van der Waals surface area contributed by atoms with Gasteiger partial charge in [-0.3, -0.25) is 9.59 Å². The Kier molecular flexibility index (Phi) is 7.12. The Morgan fingerprint density at radius 1 is 0.973 bits per heavy atom. The minimum absolute atomic E-state index is 0.0486. The Bertz CT molecular complexity index is 1250. The van der Waals surface area contributed by atoms with Crippen molar-refractivity contribution in [2.24, 2.45) is 0 Å². The summed E-state index contributed by atoms with van der Waals surface area (Å²) in [4.78, 5) is 32.9. The van der Waals surface area contributed by atoms with E-state index in [1.165, 1.54) is 0 Å². The number of amides is 2. The van der Waals surface area contributed by atoms with Gasteiger partial charge in [-0.2, -0.15) is 0 Å². The summed E-state index contributed by atoms with van der Waals surface area (Å²) < 4.78 is 5.38. The van der Waals surface area contributed by atoms with Crippen LogP contribution in [0.3, 0.4) is 0 Å². The molecule has 7 heteroatoms. The highest BCUT2D eigenvalue weighted by molar-refractivity contribution is 5.96. The number of aromatic nitrogens is 1. The first-order chi connectivity index (χ1) is 17.9. The van der Waals surface area contributed by atoms with Crippen molar-refractivity contribution in [2.75, 3.05) is 12.0 Å². The minimum atomic E-state index is -0.132. The molecule has 2 amide bonds. The highest BCUT2D eigenvalue weighted by atomic mass is 16.5. The van der Waals surface area contributed by atoms with Gasteiger partial charge in [0.15, 0.2) is 0 Å². The number of carbonyl (C=O) groups excluding carboxylic acids is 2. The summed E-state index contributed by atoms with van der Waals surface area (Å²) >= 11 is 0. The normalized spacial score (nSPS) is 21.3. The first kappa shape index (κ1) is 24.8. The predicted molar refractivity (Wildman–Crippen MR) is 144 cm³/mol. The second-order valence-electron chi connectivity index (χ2n) is 10.1. The molecule has 37 heavy (non-hydrogen) atoms. The third kappa shape index (κ3) is 5.17. The molecular formula is C30H34N4O3. The molecule has 2 aromatic carbocycles. The number of carbonyl (C=O) groups is 2. The smallest absolute Gasteiger partial charge is 0.253 e. The van der Waals surface area contributed by atoms with E-state index in [2.05, 4.69) is 20.5 Å². The van der Waals surface area contributed by atoms with E-state index in [0.29, 0.717) is 23.2 Å². The molecule has 2 aliphatic heterocycles. The second kappa shape index (κ2) is 10.6. The summed E-state index contributed by atoms with van der Waals surface area (Å²) in [5.74, 6) is 1.44. The molecule has 0 aliphatic carbocycles. The summed E-state index contributed by atoms with van der Waals surface area (Å²) in [7, 11) is 1.62. The minimum Gasteiger partial charge on any atom is -0.496 e. The molecule has 0 unspecified atom stereocenters. The van der Waals surface area contributed by atoms with Gasteiger partial charge < -0.3 is 20.3 Å². The third-order valence-corrected chi connectivity index (χ3v) is 7.74. The molecule has 2 aliphatic rings. The number of piperidine rings is 1. The van der Waals surface area contributed by atoms with E-state index in [4.69, 9.17) is 4.74 Å². The van der Waals surface area contributed by atoms with Crippen LogP contribution < -0.4 is 20.3 Å².